The third kappa shape index (κ3) is 3.66. The second kappa shape index (κ2) is 7.40. The molecule has 0 radical (unpaired) electrons. The first-order chi connectivity index (χ1) is 13.1. The zero-order valence-electron chi connectivity index (χ0n) is 15.5. The summed E-state index contributed by atoms with van der Waals surface area (Å²) in [7, 11) is 0. The number of carbonyl (C=O) groups is 1. The smallest absolute Gasteiger partial charge is 0.257 e. The molecular weight excluding hydrogens is 340 g/mol. The van der Waals surface area contributed by atoms with E-state index in [4.69, 9.17) is 10.5 Å². The predicted octanol–water partition coefficient (Wildman–Crippen LogP) is 2.79. The fourth-order valence-electron chi connectivity index (χ4n) is 3.56. The molecule has 1 aliphatic rings. The molecule has 0 saturated carbocycles. The number of nitrogens with two attached hydrogens (primary N) is 1. The third-order valence-corrected chi connectivity index (χ3v) is 4.97. The van der Waals surface area contributed by atoms with Crippen molar-refractivity contribution in [3.05, 3.63) is 65.6 Å². The van der Waals surface area contributed by atoms with Crippen LogP contribution < -0.4 is 10.5 Å². The molecule has 2 aromatic heterocycles. The minimum atomic E-state index is -0.0217. The average Bonchev–Trinajstić information content (AvgIpc) is 3.11. The monoisotopic (exact) mass is 364 g/mol. The van der Waals surface area contributed by atoms with E-state index < -0.39 is 0 Å². The van der Waals surface area contributed by atoms with Gasteiger partial charge in [0.1, 0.15) is 18.0 Å². The molecule has 2 N–H and O–H groups in total. The van der Waals surface area contributed by atoms with Crippen LogP contribution >= 0.6 is 0 Å². The van der Waals surface area contributed by atoms with Gasteiger partial charge in [-0.3, -0.25) is 4.79 Å². The molecule has 27 heavy (non-hydrogen) atoms. The SMILES string of the molecule is Cc1cccn2cc(COc3ccccc3C(=O)N3CCCC(N)C3)nc12. The molecule has 1 unspecified atom stereocenters. The van der Waals surface area contributed by atoms with Gasteiger partial charge in [-0.25, -0.2) is 4.98 Å². The van der Waals surface area contributed by atoms with Crippen LogP contribution in [-0.4, -0.2) is 39.3 Å². The van der Waals surface area contributed by atoms with Gasteiger partial charge in [-0.15, -0.1) is 0 Å². The van der Waals surface area contributed by atoms with E-state index >= 15 is 0 Å². The number of pyridine rings is 1. The van der Waals surface area contributed by atoms with Crippen LogP contribution in [0.5, 0.6) is 5.75 Å². The normalized spacial score (nSPS) is 17.3. The quantitative estimate of drug-likeness (QED) is 0.773. The molecule has 3 aromatic rings. The number of piperidine rings is 1. The van der Waals surface area contributed by atoms with Crippen molar-refractivity contribution in [2.75, 3.05) is 13.1 Å². The van der Waals surface area contributed by atoms with E-state index in [-0.39, 0.29) is 11.9 Å². The zero-order chi connectivity index (χ0) is 18.8. The number of rotatable bonds is 4. The number of carbonyl (C=O) groups excluding carboxylic acids is 1. The van der Waals surface area contributed by atoms with Crippen molar-refractivity contribution < 1.29 is 9.53 Å². The number of aromatic nitrogens is 2. The first-order valence-electron chi connectivity index (χ1n) is 9.31. The van der Waals surface area contributed by atoms with E-state index in [1.165, 1.54) is 0 Å². The number of aryl methyl sites for hydroxylation is 1. The fraction of sp³-hybridized carbons (Fsp3) is 0.333. The lowest BCUT2D eigenvalue weighted by molar-refractivity contribution is 0.0704. The Morgan fingerprint density at radius 3 is 2.96 bits per heavy atom. The van der Waals surface area contributed by atoms with Crippen LogP contribution in [0.1, 0.15) is 34.5 Å². The van der Waals surface area contributed by atoms with Gasteiger partial charge in [0.25, 0.3) is 5.91 Å². The molecule has 1 atom stereocenters. The topological polar surface area (TPSA) is 72.9 Å². The molecule has 6 nitrogen and oxygen atoms in total. The van der Waals surface area contributed by atoms with Crippen LogP contribution in [0.4, 0.5) is 0 Å². The van der Waals surface area contributed by atoms with E-state index in [2.05, 4.69) is 4.98 Å². The lowest BCUT2D eigenvalue weighted by atomic mass is 10.0. The number of benzene rings is 1. The molecule has 6 heteroatoms. The Bertz CT molecular complexity index is 966. The molecule has 3 heterocycles. The summed E-state index contributed by atoms with van der Waals surface area (Å²) in [6.07, 6.45) is 5.83. The summed E-state index contributed by atoms with van der Waals surface area (Å²) in [5, 5.41) is 0. The maximum atomic E-state index is 12.9. The van der Waals surface area contributed by atoms with Crippen molar-refractivity contribution >= 4 is 11.6 Å². The van der Waals surface area contributed by atoms with Crippen LogP contribution in [-0.2, 0) is 6.61 Å². The Balaban J connectivity index is 1.52. The van der Waals surface area contributed by atoms with E-state index in [9.17, 15) is 4.79 Å². The number of imidazole rings is 1. The molecule has 140 valence electrons. The van der Waals surface area contributed by atoms with Crippen molar-refractivity contribution in [2.45, 2.75) is 32.4 Å². The van der Waals surface area contributed by atoms with Gasteiger partial charge < -0.3 is 19.8 Å². The summed E-state index contributed by atoms with van der Waals surface area (Å²) in [6.45, 7) is 3.68. The fourth-order valence-corrected chi connectivity index (χ4v) is 3.56. The molecule has 1 saturated heterocycles. The maximum absolute atomic E-state index is 12.9. The first-order valence-corrected chi connectivity index (χ1v) is 9.31. The molecular formula is C21H24N4O2. The minimum absolute atomic E-state index is 0.0217. The van der Waals surface area contributed by atoms with Crippen LogP contribution in [0.15, 0.2) is 48.8 Å². The Labute approximate surface area is 158 Å². The summed E-state index contributed by atoms with van der Waals surface area (Å²) < 4.78 is 7.96. The van der Waals surface area contributed by atoms with Crippen molar-refractivity contribution in [1.29, 1.82) is 0 Å². The van der Waals surface area contributed by atoms with Gasteiger partial charge in [0, 0.05) is 31.5 Å². The third-order valence-electron chi connectivity index (χ3n) is 4.97. The van der Waals surface area contributed by atoms with Crippen LogP contribution in [0.3, 0.4) is 0 Å². The molecule has 1 fully saturated rings. The van der Waals surface area contributed by atoms with Crippen LogP contribution in [0, 0.1) is 6.92 Å². The number of hydrogen-bond donors (Lipinski definition) is 1. The highest BCUT2D eigenvalue weighted by atomic mass is 16.5. The first kappa shape index (κ1) is 17.5. The van der Waals surface area contributed by atoms with E-state index in [1.807, 2.05) is 65.0 Å². The molecule has 1 aliphatic heterocycles. The number of amides is 1. The predicted molar refractivity (Wildman–Crippen MR) is 104 cm³/mol. The molecule has 1 aromatic carbocycles. The van der Waals surface area contributed by atoms with Crippen molar-refractivity contribution in [3.63, 3.8) is 0 Å². The molecule has 4 rings (SSSR count). The summed E-state index contributed by atoms with van der Waals surface area (Å²) in [5.74, 6) is 0.557. The number of fused-ring (bicyclic) bond motifs is 1. The van der Waals surface area contributed by atoms with Gasteiger partial charge in [0.05, 0.1) is 11.3 Å². The van der Waals surface area contributed by atoms with E-state index in [0.717, 1.165) is 36.3 Å². The van der Waals surface area contributed by atoms with Gasteiger partial charge in [-0.1, -0.05) is 18.2 Å². The Morgan fingerprint density at radius 1 is 1.30 bits per heavy atom. The molecule has 0 bridgehead atoms. The molecule has 0 spiro atoms. The van der Waals surface area contributed by atoms with Gasteiger partial charge >= 0.3 is 0 Å². The highest BCUT2D eigenvalue weighted by molar-refractivity contribution is 5.97. The van der Waals surface area contributed by atoms with Crippen molar-refractivity contribution in [1.82, 2.24) is 14.3 Å². The van der Waals surface area contributed by atoms with Crippen molar-refractivity contribution in [3.8, 4) is 5.75 Å². The number of hydrogen-bond acceptors (Lipinski definition) is 4. The summed E-state index contributed by atoms with van der Waals surface area (Å²) in [5.41, 5.74) is 9.46. The summed E-state index contributed by atoms with van der Waals surface area (Å²) >= 11 is 0. The largest absolute Gasteiger partial charge is 0.486 e. The standard InChI is InChI=1S/C21H24N4O2/c1-15-6-4-10-24-13-17(23-20(15)24)14-27-19-9-3-2-8-18(19)21(26)25-11-5-7-16(22)12-25/h2-4,6,8-10,13,16H,5,7,11-12,14,22H2,1H3. The summed E-state index contributed by atoms with van der Waals surface area (Å²) in [4.78, 5) is 19.4. The number of para-hydroxylation sites is 1. The number of likely N-dealkylation sites (tertiary alicyclic amines) is 1. The summed E-state index contributed by atoms with van der Waals surface area (Å²) in [6, 6.07) is 11.5. The Kier molecular flexibility index (Phi) is 4.81. The van der Waals surface area contributed by atoms with Gasteiger partial charge in [0.2, 0.25) is 0 Å². The molecule has 0 aliphatic carbocycles. The highest BCUT2D eigenvalue weighted by Crippen LogP contribution is 2.23. The Morgan fingerprint density at radius 2 is 2.15 bits per heavy atom. The van der Waals surface area contributed by atoms with E-state index in [1.54, 1.807) is 0 Å². The lowest BCUT2D eigenvalue weighted by Gasteiger charge is -2.31. The number of ether oxygens (including phenoxy) is 1. The van der Waals surface area contributed by atoms with Gasteiger partial charge in [-0.2, -0.15) is 0 Å². The average molecular weight is 364 g/mol. The minimum Gasteiger partial charge on any atom is -0.486 e. The van der Waals surface area contributed by atoms with Crippen LogP contribution in [0.2, 0.25) is 0 Å². The molecule has 1 amide bonds. The lowest BCUT2D eigenvalue weighted by Crippen LogP contribution is -2.45. The second-order valence-electron chi connectivity index (χ2n) is 7.09. The zero-order valence-corrected chi connectivity index (χ0v) is 15.5. The van der Waals surface area contributed by atoms with Crippen LogP contribution in [0.25, 0.3) is 5.65 Å². The van der Waals surface area contributed by atoms with Crippen molar-refractivity contribution in [2.24, 2.45) is 5.73 Å². The highest BCUT2D eigenvalue weighted by Gasteiger charge is 2.24. The number of nitrogens with zero attached hydrogens (tertiary/aromatic N) is 3. The second-order valence-corrected chi connectivity index (χ2v) is 7.09. The van der Waals surface area contributed by atoms with Gasteiger partial charge in [0.15, 0.2) is 0 Å². The van der Waals surface area contributed by atoms with E-state index in [0.29, 0.717) is 24.5 Å². The maximum Gasteiger partial charge on any atom is 0.257 e. The van der Waals surface area contributed by atoms with Gasteiger partial charge in [-0.05, 0) is 43.5 Å². The Hall–Kier alpha value is -2.86.